The molecule has 2 N–H and O–H groups in total. The van der Waals surface area contributed by atoms with Gasteiger partial charge in [0.2, 0.25) is 0 Å². The molecule has 0 aliphatic rings. The molecular weight excluding hydrogens is 354 g/mol. The van der Waals surface area contributed by atoms with E-state index in [9.17, 15) is 0 Å². The van der Waals surface area contributed by atoms with Crippen molar-refractivity contribution >= 4 is 6.08 Å². The van der Waals surface area contributed by atoms with E-state index < -0.39 is 0 Å². The molecule has 0 aromatic heterocycles. The van der Waals surface area contributed by atoms with Gasteiger partial charge in [0.1, 0.15) is 0 Å². The van der Waals surface area contributed by atoms with Crippen LogP contribution in [0.2, 0.25) is 0 Å². The summed E-state index contributed by atoms with van der Waals surface area (Å²) in [6.07, 6.45) is 23.9. The molecule has 0 aliphatic carbocycles. The minimum atomic E-state index is 0.728. The molecule has 2 nitrogen and oxygen atoms in total. The highest BCUT2D eigenvalue weighted by molar-refractivity contribution is 5.47. The van der Waals surface area contributed by atoms with Crippen molar-refractivity contribution in [2.24, 2.45) is 5.73 Å². The lowest BCUT2D eigenvalue weighted by Crippen LogP contribution is -1.97. The second-order valence-corrected chi connectivity index (χ2v) is 8.44. The first-order valence-electron chi connectivity index (χ1n) is 12.4. The molecule has 0 amide bonds. The number of nitrogens with two attached hydrogens (primary N) is 1. The highest BCUT2D eigenvalue weighted by Gasteiger charge is 1.96. The third-order valence-electron chi connectivity index (χ3n) is 5.73. The van der Waals surface area contributed by atoms with Gasteiger partial charge < -0.3 is 10.5 Å². The first kappa shape index (κ1) is 25.9. The Morgan fingerprint density at radius 1 is 0.621 bits per heavy atom. The lowest BCUT2D eigenvalue weighted by molar-refractivity contribution is 0.116. The van der Waals surface area contributed by atoms with Crippen LogP contribution in [-0.4, -0.2) is 13.2 Å². The van der Waals surface area contributed by atoms with Gasteiger partial charge in [-0.25, -0.2) is 0 Å². The second kappa shape index (κ2) is 20.2. The molecule has 0 radical (unpaired) electrons. The molecule has 29 heavy (non-hydrogen) atoms. The first-order chi connectivity index (χ1) is 14.4. The Kier molecular flexibility index (Phi) is 18.0. The fourth-order valence-electron chi connectivity index (χ4n) is 3.76. The molecule has 166 valence electrons. The topological polar surface area (TPSA) is 35.2 Å². The van der Waals surface area contributed by atoms with Crippen LogP contribution >= 0.6 is 0 Å². The average Bonchev–Trinajstić information content (AvgIpc) is 2.75. The monoisotopic (exact) mass is 401 g/mol. The van der Waals surface area contributed by atoms with E-state index in [0.29, 0.717) is 0 Å². The third-order valence-corrected chi connectivity index (χ3v) is 5.73. The van der Waals surface area contributed by atoms with E-state index in [0.717, 1.165) is 19.8 Å². The first-order valence-corrected chi connectivity index (χ1v) is 12.4. The smallest absolute Gasteiger partial charge is 0.0716 e. The lowest BCUT2D eigenvalue weighted by Gasteiger charge is -2.05. The minimum Gasteiger partial charge on any atom is -0.377 e. The van der Waals surface area contributed by atoms with Gasteiger partial charge in [-0.3, -0.25) is 0 Å². The maximum Gasteiger partial charge on any atom is 0.0716 e. The summed E-state index contributed by atoms with van der Waals surface area (Å²) in [6.45, 7) is 6.26. The van der Waals surface area contributed by atoms with Gasteiger partial charge in [0.05, 0.1) is 6.61 Å². The number of rotatable bonds is 21. The number of hydrogen-bond donors (Lipinski definition) is 1. The van der Waals surface area contributed by atoms with Crippen LogP contribution in [0.15, 0.2) is 30.8 Å². The molecular formula is C27H47NO. The zero-order valence-electron chi connectivity index (χ0n) is 19.0. The van der Waals surface area contributed by atoms with Gasteiger partial charge in [-0.2, -0.15) is 0 Å². The Balaban J connectivity index is 1.73. The quantitative estimate of drug-likeness (QED) is 0.211. The van der Waals surface area contributed by atoms with E-state index in [1.807, 2.05) is 6.08 Å². The van der Waals surface area contributed by atoms with Crippen LogP contribution in [0.5, 0.6) is 0 Å². The number of unbranched alkanes of at least 4 members (excludes halogenated alkanes) is 15. The third kappa shape index (κ3) is 16.4. The Bertz CT molecular complexity index is 468. The maximum atomic E-state index is 5.79. The average molecular weight is 402 g/mol. The predicted molar refractivity (Wildman–Crippen MR) is 129 cm³/mol. The fourth-order valence-corrected chi connectivity index (χ4v) is 3.76. The fraction of sp³-hybridized carbons (Fsp3) is 0.704. The van der Waals surface area contributed by atoms with Gasteiger partial charge in [0.15, 0.2) is 0 Å². The number of benzene rings is 1. The van der Waals surface area contributed by atoms with E-state index in [1.54, 1.807) is 0 Å². The van der Waals surface area contributed by atoms with Gasteiger partial charge in [-0.1, -0.05) is 127 Å². The summed E-state index contributed by atoms with van der Waals surface area (Å²) in [7, 11) is 0. The summed E-state index contributed by atoms with van der Waals surface area (Å²) in [5.41, 5.74) is 7.93. The molecule has 0 saturated carbocycles. The van der Waals surface area contributed by atoms with Crippen LogP contribution in [0, 0.1) is 0 Å². The zero-order chi connectivity index (χ0) is 20.8. The van der Waals surface area contributed by atoms with E-state index in [1.165, 1.54) is 114 Å². The molecule has 0 fully saturated rings. The maximum absolute atomic E-state index is 5.79. The van der Waals surface area contributed by atoms with Crippen LogP contribution < -0.4 is 5.73 Å². The molecule has 0 bridgehead atoms. The number of hydrogen-bond acceptors (Lipinski definition) is 2. The Morgan fingerprint density at radius 2 is 1.03 bits per heavy atom. The van der Waals surface area contributed by atoms with Crippen molar-refractivity contribution in [1.29, 1.82) is 0 Å². The van der Waals surface area contributed by atoms with Gasteiger partial charge in [-0.15, -0.1) is 0 Å². The van der Waals surface area contributed by atoms with Crippen molar-refractivity contribution in [2.45, 2.75) is 109 Å². The van der Waals surface area contributed by atoms with Gasteiger partial charge in [-0.05, 0) is 30.5 Å². The normalized spacial score (nSPS) is 11.1. The summed E-state index contributed by atoms with van der Waals surface area (Å²) >= 11 is 0. The van der Waals surface area contributed by atoms with Crippen LogP contribution in [0.4, 0.5) is 0 Å². The molecule has 1 rings (SSSR count). The van der Waals surface area contributed by atoms with E-state index >= 15 is 0 Å². The highest BCUT2D eigenvalue weighted by Crippen LogP contribution is 2.14. The van der Waals surface area contributed by atoms with E-state index in [4.69, 9.17) is 10.5 Å². The molecule has 0 atom stereocenters. The van der Waals surface area contributed by atoms with E-state index in [2.05, 4.69) is 30.8 Å². The largest absolute Gasteiger partial charge is 0.377 e. The van der Waals surface area contributed by atoms with Crippen LogP contribution in [0.25, 0.3) is 6.08 Å². The summed E-state index contributed by atoms with van der Waals surface area (Å²) in [5.74, 6) is 0. The van der Waals surface area contributed by atoms with Gasteiger partial charge >= 0.3 is 0 Å². The molecule has 2 heteroatoms. The molecule has 0 spiro atoms. The van der Waals surface area contributed by atoms with Crippen molar-refractivity contribution in [1.82, 2.24) is 0 Å². The van der Waals surface area contributed by atoms with Crippen molar-refractivity contribution in [3.05, 3.63) is 42.0 Å². The molecule has 0 saturated heterocycles. The zero-order valence-corrected chi connectivity index (χ0v) is 19.0. The Hall–Kier alpha value is -1.12. The van der Waals surface area contributed by atoms with Crippen molar-refractivity contribution in [3.8, 4) is 0 Å². The van der Waals surface area contributed by atoms with Crippen molar-refractivity contribution in [2.75, 3.05) is 13.2 Å². The second-order valence-electron chi connectivity index (χ2n) is 8.44. The SMILES string of the molecule is C=Cc1ccc(COCCCCCCCCCCCCCCCCCCN)cc1. The number of ether oxygens (including phenoxy) is 1. The molecule has 1 aromatic rings. The summed E-state index contributed by atoms with van der Waals surface area (Å²) in [6, 6.07) is 8.44. The van der Waals surface area contributed by atoms with E-state index in [-0.39, 0.29) is 0 Å². The van der Waals surface area contributed by atoms with Gasteiger partial charge in [0.25, 0.3) is 0 Å². The molecule has 0 unspecified atom stereocenters. The molecule has 1 aromatic carbocycles. The van der Waals surface area contributed by atoms with Crippen LogP contribution in [0.1, 0.15) is 114 Å². The van der Waals surface area contributed by atoms with Crippen molar-refractivity contribution in [3.63, 3.8) is 0 Å². The van der Waals surface area contributed by atoms with Crippen LogP contribution in [0.3, 0.4) is 0 Å². The molecule has 0 aliphatic heterocycles. The summed E-state index contributed by atoms with van der Waals surface area (Å²) in [4.78, 5) is 0. The van der Waals surface area contributed by atoms with Gasteiger partial charge in [0, 0.05) is 6.61 Å². The summed E-state index contributed by atoms with van der Waals surface area (Å²) < 4.78 is 5.79. The predicted octanol–water partition coefficient (Wildman–Crippen LogP) is 8.05. The highest BCUT2D eigenvalue weighted by atomic mass is 16.5. The minimum absolute atomic E-state index is 0.728. The van der Waals surface area contributed by atoms with Crippen LogP contribution in [-0.2, 0) is 11.3 Å². The summed E-state index contributed by atoms with van der Waals surface area (Å²) in [5, 5.41) is 0. The lowest BCUT2D eigenvalue weighted by atomic mass is 10.0. The standard InChI is InChI=1S/C27H47NO/c1-2-26-19-21-27(22-20-26)25-29-24-18-16-14-12-10-8-6-4-3-5-7-9-11-13-15-17-23-28/h2,19-22H,1,3-18,23-25,28H2. The Morgan fingerprint density at radius 3 is 1.45 bits per heavy atom. The van der Waals surface area contributed by atoms with Crippen molar-refractivity contribution < 1.29 is 4.74 Å². The molecule has 0 heterocycles. The Labute approximate surface area is 181 Å².